The maximum absolute atomic E-state index is 4.13. The van der Waals surface area contributed by atoms with E-state index in [0.29, 0.717) is 6.04 Å². The first-order valence-electron chi connectivity index (χ1n) is 8.17. The van der Waals surface area contributed by atoms with Crippen LogP contribution in [0.3, 0.4) is 0 Å². The third-order valence-corrected chi connectivity index (χ3v) is 4.57. The van der Waals surface area contributed by atoms with Crippen LogP contribution in [0.4, 0.5) is 0 Å². The molecule has 0 spiro atoms. The molecule has 1 aliphatic rings. The number of rotatable bonds is 5. The fourth-order valence-corrected chi connectivity index (χ4v) is 3.21. The van der Waals surface area contributed by atoms with Gasteiger partial charge in [-0.05, 0) is 56.2 Å². The van der Waals surface area contributed by atoms with Crippen molar-refractivity contribution in [1.29, 1.82) is 0 Å². The molecule has 1 fully saturated rings. The molecule has 0 radical (unpaired) electrons. The molecule has 0 saturated carbocycles. The third kappa shape index (κ3) is 4.15. The average Bonchev–Trinajstić information content (AvgIpc) is 2.57. The molecule has 2 heterocycles. The fraction of sp³-hybridized carbons (Fsp3) is 0.421. The standard InChI is InChI=1S/C19H25N3/c1-21-13-9-19(10-14-21)22(15-17-5-3-2-4-6-17)16-18-7-11-20-12-8-18/h2-8,11-12,19H,9-10,13-16H2,1H3. The molecule has 1 saturated heterocycles. The van der Waals surface area contributed by atoms with Crippen molar-refractivity contribution in [2.75, 3.05) is 20.1 Å². The average molecular weight is 295 g/mol. The van der Waals surface area contributed by atoms with E-state index in [9.17, 15) is 0 Å². The number of hydrogen-bond donors (Lipinski definition) is 0. The second-order valence-electron chi connectivity index (χ2n) is 6.28. The zero-order valence-electron chi connectivity index (χ0n) is 13.4. The molecule has 0 bridgehead atoms. The van der Waals surface area contributed by atoms with Crippen LogP contribution in [0, 0.1) is 0 Å². The van der Waals surface area contributed by atoms with Gasteiger partial charge >= 0.3 is 0 Å². The molecule has 3 rings (SSSR count). The number of likely N-dealkylation sites (tertiary alicyclic amines) is 1. The van der Waals surface area contributed by atoms with Gasteiger partial charge in [0, 0.05) is 31.5 Å². The first-order chi connectivity index (χ1) is 10.8. The van der Waals surface area contributed by atoms with Crippen LogP contribution in [0.25, 0.3) is 0 Å². The predicted octanol–water partition coefficient (Wildman–Crippen LogP) is 3.18. The lowest BCUT2D eigenvalue weighted by atomic mass is 10.0. The van der Waals surface area contributed by atoms with E-state index in [1.807, 2.05) is 12.4 Å². The number of benzene rings is 1. The Hall–Kier alpha value is -1.71. The summed E-state index contributed by atoms with van der Waals surface area (Å²) in [5, 5.41) is 0. The fourth-order valence-electron chi connectivity index (χ4n) is 3.21. The number of aromatic nitrogens is 1. The molecular formula is C19H25N3. The monoisotopic (exact) mass is 295 g/mol. The minimum absolute atomic E-state index is 0.671. The minimum Gasteiger partial charge on any atom is -0.306 e. The summed E-state index contributed by atoms with van der Waals surface area (Å²) in [6.45, 7) is 4.43. The van der Waals surface area contributed by atoms with E-state index in [1.165, 1.54) is 37.1 Å². The van der Waals surface area contributed by atoms with E-state index in [4.69, 9.17) is 0 Å². The minimum atomic E-state index is 0.671. The van der Waals surface area contributed by atoms with Gasteiger partial charge < -0.3 is 4.90 Å². The molecule has 0 amide bonds. The van der Waals surface area contributed by atoms with Crippen molar-refractivity contribution in [2.24, 2.45) is 0 Å². The topological polar surface area (TPSA) is 19.4 Å². The van der Waals surface area contributed by atoms with E-state index in [-0.39, 0.29) is 0 Å². The van der Waals surface area contributed by atoms with Gasteiger partial charge in [0.15, 0.2) is 0 Å². The van der Waals surface area contributed by atoms with Gasteiger partial charge in [0.05, 0.1) is 0 Å². The van der Waals surface area contributed by atoms with Crippen LogP contribution in [0.1, 0.15) is 24.0 Å². The molecule has 1 aliphatic heterocycles. The largest absolute Gasteiger partial charge is 0.306 e. The van der Waals surface area contributed by atoms with Crippen LogP contribution < -0.4 is 0 Å². The summed E-state index contributed by atoms with van der Waals surface area (Å²) in [6.07, 6.45) is 6.30. The van der Waals surface area contributed by atoms with E-state index in [0.717, 1.165) is 13.1 Å². The van der Waals surface area contributed by atoms with Crippen molar-refractivity contribution in [2.45, 2.75) is 32.0 Å². The maximum atomic E-state index is 4.13. The molecule has 2 aromatic rings. The smallest absolute Gasteiger partial charge is 0.0271 e. The summed E-state index contributed by atoms with van der Waals surface area (Å²) in [6, 6.07) is 15.8. The zero-order chi connectivity index (χ0) is 15.2. The Labute approximate surface area is 133 Å². The first-order valence-corrected chi connectivity index (χ1v) is 8.17. The van der Waals surface area contributed by atoms with Crippen molar-refractivity contribution >= 4 is 0 Å². The Kier molecular flexibility index (Phi) is 5.20. The lowest BCUT2D eigenvalue weighted by Gasteiger charge is -2.37. The highest BCUT2D eigenvalue weighted by atomic mass is 15.2. The quantitative estimate of drug-likeness (QED) is 0.844. The van der Waals surface area contributed by atoms with Crippen LogP contribution >= 0.6 is 0 Å². The maximum Gasteiger partial charge on any atom is 0.0271 e. The van der Waals surface area contributed by atoms with Crippen molar-refractivity contribution in [1.82, 2.24) is 14.8 Å². The Balaban J connectivity index is 1.73. The molecule has 0 N–H and O–H groups in total. The Morgan fingerprint density at radius 2 is 1.55 bits per heavy atom. The van der Waals surface area contributed by atoms with E-state index in [1.54, 1.807) is 0 Å². The SMILES string of the molecule is CN1CCC(N(Cc2ccccc2)Cc2ccncc2)CC1. The molecule has 3 heteroatoms. The van der Waals surface area contributed by atoms with Crippen LogP contribution in [0.15, 0.2) is 54.9 Å². The van der Waals surface area contributed by atoms with Crippen LogP contribution in [-0.4, -0.2) is 41.0 Å². The van der Waals surface area contributed by atoms with E-state index >= 15 is 0 Å². The molecule has 3 nitrogen and oxygen atoms in total. The van der Waals surface area contributed by atoms with Gasteiger partial charge in [0.1, 0.15) is 0 Å². The summed E-state index contributed by atoms with van der Waals surface area (Å²) in [4.78, 5) is 9.20. The number of hydrogen-bond acceptors (Lipinski definition) is 3. The lowest BCUT2D eigenvalue weighted by molar-refractivity contribution is 0.108. The predicted molar refractivity (Wildman–Crippen MR) is 90.4 cm³/mol. The van der Waals surface area contributed by atoms with Crippen molar-refractivity contribution in [3.63, 3.8) is 0 Å². The molecule has 0 atom stereocenters. The van der Waals surface area contributed by atoms with E-state index in [2.05, 4.69) is 64.3 Å². The number of pyridine rings is 1. The van der Waals surface area contributed by atoms with Crippen LogP contribution in [-0.2, 0) is 13.1 Å². The van der Waals surface area contributed by atoms with Crippen molar-refractivity contribution in [3.05, 3.63) is 66.0 Å². The second kappa shape index (κ2) is 7.52. The number of nitrogens with zero attached hydrogens (tertiary/aromatic N) is 3. The molecule has 1 aromatic heterocycles. The summed E-state index contributed by atoms with van der Waals surface area (Å²) in [7, 11) is 2.22. The third-order valence-electron chi connectivity index (χ3n) is 4.57. The first kappa shape index (κ1) is 15.2. The van der Waals surface area contributed by atoms with Gasteiger partial charge in [-0.3, -0.25) is 9.88 Å². The van der Waals surface area contributed by atoms with Gasteiger partial charge in [-0.1, -0.05) is 30.3 Å². The van der Waals surface area contributed by atoms with Crippen molar-refractivity contribution in [3.8, 4) is 0 Å². The van der Waals surface area contributed by atoms with E-state index < -0.39 is 0 Å². The number of piperidine rings is 1. The van der Waals surface area contributed by atoms with Crippen LogP contribution in [0.2, 0.25) is 0 Å². The normalized spacial score (nSPS) is 17.0. The molecule has 0 unspecified atom stereocenters. The summed E-state index contributed by atoms with van der Waals surface area (Å²) >= 11 is 0. The summed E-state index contributed by atoms with van der Waals surface area (Å²) in [5.74, 6) is 0. The lowest BCUT2D eigenvalue weighted by Crippen LogP contribution is -2.43. The van der Waals surface area contributed by atoms with Crippen molar-refractivity contribution < 1.29 is 0 Å². The molecule has 116 valence electrons. The molecule has 0 aliphatic carbocycles. The highest BCUT2D eigenvalue weighted by Crippen LogP contribution is 2.20. The van der Waals surface area contributed by atoms with Gasteiger partial charge in [0.2, 0.25) is 0 Å². The second-order valence-corrected chi connectivity index (χ2v) is 6.28. The highest BCUT2D eigenvalue weighted by Gasteiger charge is 2.23. The Morgan fingerprint density at radius 3 is 2.18 bits per heavy atom. The molecule has 1 aromatic carbocycles. The Morgan fingerprint density at radius 1 is 0.955 bits per heavy atom. The van der Waals surface area contributed by atoms with Gasteiger partial charge in [-0.2, -0.15) is 0 Å². The summed E-state index contributed by atoms with van der Waals surface area (Å²) in [5.41, 5.74) is 2.75. The Bertz CT molecular complexity index is 506. The zero-order valence-corrected chi connectivity index (χ0v) is 13.4. The van der Waals surface area contributed by atoms with Gasteiger partial charge in [0.25, 0.3) is 0 Å². The highest BCUT2D eigenvalue weighted by molar-refractivity contribution is 5.16. The van der Waals surface area contributed by atoms with Crippen LogP contribution in [0.5, 0.6) is 0 Å². The van der Waals surface area contributed by atoms with Gasteiger partial charge in [-0.25, -0.2) is 0 Å². The molecule has 22 heavy (non-hydrogen) atoms. The molecular weight excluding hydrogens is 270 g/mol. The summed E-state index contributed by atoms with van der Waals surface area (Å²) < 4.78 is 0. The van der Waals surface area contributed by atoms with Gasteiger partial charge in [-0.15, -0.1) is 0 Å².